The lowest BCUT2D eigenvalue weighted by molar-refractivity contribution is 0.0368. The maximum atomic E-state index is 6.13. The summed E-state index contributed by atoms with van der Waals surface area (Å²) in [7, 11) is 0. The lowest BCUT2D eigenvalue weighted by Crippen LogP contribution is -2.40. The van der Waals surface area contributed by atoms with Crippen LogP contribution in [-0.2, 0) is 11.3 Å². The van der Waals surface area contributed by atoms with Crippen molar-refractivity contribution in [3.63, 3.8) is 0 Å². The van der Waals surface area contributed by atoms with Gasteiger partial charge in [-0.25, -0.2) is 0 Å². The molecule has 1 fully saturated rings. The molecule has 0 radical (unpaired) electrons. The Kier molecular flexibility index (Phi) is 8.37. The Morgan fingerprint density at radius 1 is 1.07 bits per heavy atom. The van der Waals surface area contributed by atoms with Gasteiger partial charge in [-0.15, -0.1) is 0 Å². The quantitative estimate of drug-likeness (QED) is 0.620. The Bertz CT molecular complexity index is 770. The van der Waals surface area contributed by atoms with Crippen molar-refractivity contribution in [2.24, 2.45) is 0 Å². The van der Waals surface area contributed by atoms with Crippen LogP contribution in [0.1, 0.15) is 12.0 Å². The molecular formula is C21H25Cl2N3OS. The Morgan fingerprint density at radius 3 is 2.54 bits per heavy atom. The summed E-state index contributed by atoms with van der Waals surface area (Å²) in [6, 6.07) is 15.8. The Hall–Kier alpha value is -1.37. The molecule has 150 valence electrons. The fraction of sp³-hybridized carbons (Fsp3) is 0.381. The van der Waals surface area contributed by atoms with Crippen molar-refractivity contribution in [1.29, 1.82) is 0 Å². The van der Waals surface area contributed by atoms with Crippen molar-refractivity contribution < 1.29 is 4.74 Å². The van der Waals surface area contributed by atoms with E-state index in [9.17, 15) is 0 Å². The number of rotatable bonds is 7. The zero-order valence-electron chi connectivity index (χ0n) is 15.7. The van der Waals surface area contributed by atoms with Gasteiger partial charge in [-0.3, -0.25) is 4.90 Å². The average Bonchev–Trinajstić information content (AvgIpc) is 2.71. The first-order chi connectivity index (χ1) is 13.6. The molecule has 1 N–H and O–H groups in total. The minimum absolute atomic E-state index is 0.511. The van der Waals surface area contributed by atoms with E-state index in [0.29, 0.717) is 15.2 Å². The van der Waals surface area contributed by atoms with Crippen LogP contribution in [0.2, 0.25) is 10.0 Å². The van der Waals surface area contributed by atoms with Gasteiger partial charge in [0.2, 0.25) is 0 Å². The fourth-order valence-corrected chi connectivity index (χ4v) is 3.71. The Labute approximate surface area is 182 Å². The molecule has 1 aliphatic heterocycles. The summed E-state index contributed by atoms with van der Waals surface area (Å²) in [4.78, 5) is 4.65. The number of halogens is 2. The van der Waals surface area contributed by atoms with Crippen LogP contribution in [0.5, 0.6) is 0 Å². The molecule has 1 saturated heterocycles. The number of anilines is 1. The molecule has 0 aromatic heterocycles. The predicted octanol–water partition coefficient (Wildman–Crippen LogP) is 4.91. The molecule has 0 amide bonds. The van der Waals surface area contributed by atoms with Crippen molar-refractivity contribution >= 4 is 46.2 Å². The van der Waals surface area contributed by atoms with E-state index in [1.165, 1.54) is 5.56 Å². The van der Waals surface area contributed by atoms with Crippen LogP contribution in [0.25, 0.3) is 0 Å². The molecule has 7 heteroatoms. The minimum Gasteiger partial charge on any atom is -0.379 e. The summed E-state index contributed by atoms with van der Waals surface area (Å²) in [6.07, 6.45) is 1.04. The van der Waals surface area contributed by atoms with Crippen LogP contribution in [-0.4, -0.2) is 54.3 Å². The lowest BCUT2D eigenvalue weighted by atomic mass is 10.2. The van der Waals surface area contributed by atoms with E-state index in [0.717, 1.165) is 58.0 Å². The van der Waals surface area contributed by atoms with Gasteiger partial charge in [0, 0.05) is 38.4 Å². The summed E-state index contributed by atoms with van der Waals surface area (Å²) in [5.41, 5.74) is 2.07. The monoisotopic (exact) mass is 437 g/mol. The van der Waals surface area contributed by atoms with E-state index < -0.39 is 0 Å². The maximum Gasteiger partial charge on any atom is 0.173 e. The van der Waals surface area contributed by atoms with Gasteiger partial charge in [0.05, 0.1) is 23.3 Å². The molecule has 0 unspecified atom stereocenters. The van der Waals surface area contributed by atoms with Gasteiger partial charge in [0.25, 0.3) is 0 Å². The fourth-order valence-electron chi connectivity index (χ4n) is 3.14. The second kappa shape index (κ2) is 11.0. The molecule has 0 aliphatic carbocycles. The third-order valence-electron chi connectivity index (χ3n) is 4.68. The molecule has 2 aromatic carbocycles. The first-order valence-corrected chi connectivity index (χ1v) is 10.6. The van der Waals surface area contributed by atoms with Gasteiger partial charge in [0.1, 0.15) is 0 Å². The Morgan fingerprint density at radius 2 is 1.82 bits per heavy atom. The highest BCUT2D eigenvalue weighted by molar-refractivity contribution is 7.80. The van der Waals surface area contributed by atoms with Crippen LogP contribution in [0.4, 0.5) is 5.69 Å². The van der Waals surface area contributed by atoms with Crippen LogP contribution in [0.15, 0.2) is 48.5 Å². The van der Waals surface area contributed by atoms with Crippen LogP contribution in [0, 0.1) is 0 Å². The third-order valence-corrected chi connectivity index (χ3v) is 5.78. The molecular weight excluding hydrogens is 413 g/mol. The van der Waals surface area contributed by atoms with Crippen molar-refractivity contribution in [3.8, 4) is 0 Å². The maximum absolute atomic E-state index is 6.13. The normalized spacial score (nSPS) is 14.6. The molecule has 0 saturated carbocycles. The largest absolute Gasteiger partial charge is 0.379 e. The van der Waals surface area contributed by atoms with Crippen molar-refractivity contribution in [3.05, 3.63) is 64.1 Å². The average molecular weight is 438 g/mol. The van der Waals surface area contributed by atoms with E-state index in [1.807, 2.05) is 12.1 Å². The summed E-state index contributed by atoms with van der Waals surface area (Å²) < 4.78 is 5.43. The van der Waals surface area contributed by atoms with Gasteiger partial charge in [-0.2, -0.15) is 0 Å². The van der Waals surface area contributed by atoms with Crippen molar-refractivity contribution in [2.45, 2.75) is 13.0 Å². The van der Waals surface area contributed by atoms with E-state index >= 15 is 0 Å². The van der Waals surface area contributed by atoms with E-state index in [1.54, 1.807) is 12.1 Å². The van der Waals surface area contributed by atoms with Gasteiger partial charge in [-0.05, 0) is 42.4 Å². The van der Waals surface area contributed by atoms with Crippen LogP contribution >= 0.6 is 35.4 Å². The molecule has 1 aliphatic rings. The van der Waals surface area contributed by atoms with E-state index in [2.05, 4.69) is 39.4 Å². The Balaban J connectivity index is 1.61. The molecule has 1 heterocycles. The highest BCUT2D eigenvalue weighted by Crippen LogP contribution is 2.25. The number of morpholine rings is 1. The number of nitrogens with zero attached hydrogens (tertiary/aromatic N) is 2. The SMILES string of the molecule is S=C(Nc1ccc(Cl)c(Cl)c1)N(CCCN1CCOCC1)Cc1ccccc1. The topological polar surface area (TPSA) is 27.7 Å². The van der Waals surface area contributed by atoms with E-state index in [4.69, 9.17) is 40.2 Å². The number of hydrogen-bond acceptors (Lipinski definition) is 3. The summed E-state index contributed by atoms with van der Waals surface area (Å²) in [5.74, 6) is 0. The predicted molar refractivity (Wildman–Crippen MR) is 121 cm³/mol. The molecule has 3 rings (SSSR count). The lowest BCUT2D eigenvalue weighted by Gasteiger charge is -2.29. The smallest absolute Gasteiger partial charge is 0.173 e. The highest BCUT2D eigenvalue weighted by Gasteiger charge is 2.14. The number of benzene rings is 2. The summed E-state index contributed by atoms with van der Waals surface area (Å²) in [5, 5.41) is 5.03. The minimum atomic E-state index is 0.511. The zero-order chi connectivity index (χ0) is 19.8. The van der Waals surface area contributed by atoms with E-state index in [-0.39, 0.29) is 0 Å². The molecule has 2 aromatic rings. The van der Waals surface area contributed by atoms with Gasteiger partial charge in [-0.1, -0.05) is 53.5 Å². The second-order valence-electron chi connectivity index (χ2n) is 6.77. The first kappa shape index (κ1) is 21.3. The molecule has 28 heavy (non-hydrogen) atoms. The standard InChI is InChI=1S/C21H25Cl2N3OS/c22-19-8-7-18(15-20(19)23)24-21(28)26(16-17-5-2-1-3-6-17)10-4-9-25-11-13-27-14-12-25/h1-3,5-8,15H,4,9-14,16H2,(H,24,28). The van der Waals surface area contributed by atoms with Gasteiger partial charge < -0.3 is 15.0 Å². The number of nitrogens with one attached hydrogen (secondary N) is 1. The van der Waals surface area contributed by atoms with Crippen LogP contribution < -0.4 is 5.32 Å². The molecule has 0 bridgehead atoms. The summed E-state index contributed by atoms with van der Waals surface area (Å²) in [6.45, 7) is 6.34. The van der Waals surface area contributed by atoms with Crippen LogP contribution in [0.3, 0.4) is 0 Å². The summed E-state index contributed by atoms with van der Waals surface area (Å²) >= 11 is 17.9. The molecule has 0 atom stereocenters. The third kappa shape index (κ3) is 6.61. The number of thiocarbonyl (C=S) groups is 1. The van der Waals surface area contributed by atoms with Gasteiger partial charge in [0.15, 0.2) is 5.11 Å². The number of ether oxygens (including phenoxy) is 1. The van der Waals surface area contributed by atoms with Crippen molar-refractivity contribution in [2.75, 3.05) is 44.7 Å². The number of hydrogen-bond donors (Lipinski definition) is 1. The van der Waals surface area contributed by atoms with Gasteiger partial charge >= 0.3 is 0 Å². The highest BCUT2D eigenvalue weighted by atomic mass is 35.5. The zero-order valence-corrected chi connectivity index (χ0v) is 18.1. The first-order valence-electron chi connectivity index (χ1n) is 9.47. The molecule has 0 spiro atoms. The second-order valence-corrected chi connectivity index (χ2v) is 7.97. The van der Waals surface area contributed by atoms with Crippen molar-refractivity contribution in [1.82, 2.24) is 9.80 Å². The molecule has 4 nitrogen and oxygen atoms in total.